The minimum atomic E-state index is -0.597. The minimum absolute atomic E-state index is 0.00478. The standard InChI is InChI=1S/C20H18F2N2OS2/c1-13(18-15(21)8-5-9-16(18)22)27-12-17(25)24-19(20-23-10-11-26-20)14-6-3-2-4-7-14/h2-11,13,19H,12H2,1H3,(H,24,25). The molecule has 1 amide bonds. The van der Waals surface area contributed by atoms with E-state index in [0.717, 1.165) is 10.6 Å². The smallest absolute Gasteiger partial charge is 0.230 e. The number of carbonyl (C=O) groups is 1. The van der Waals surface area contributed by atoms with Crippen LogP contribution in [0.3, 0.4) is 0 Å². The molecule has 0 spiro atoms. The number of nitrogens with zero attached hydrogens (tertiary/aromatic N) is 1. The number of aromatic nitrogens is 1. The number of thiazole rings is 1. The Hall–Kier alpha value is -2.25. The Kier molecular flexibility index (Phi) is 6.58. The van der Waals surface area contributed by atoms with Crippen molar-refractivity contribution in [2.75, 3.05) is 5.75 Å². The van der Waals surface area contributed by atoms with Crippen molar-refractivity contribution >= 4 is 29.0 Å². The number of nitrogens with one attached hydrogen (secondary N) is 1. The summed E-state index contributed by atoms with van der Waals surface area (Å²) in [7, 11) is 0. The molecule has 3 aromatic rings. The molecule has 0 saturated heterocycles. The summed E-state index contributed by atoms with van der Waals surface area (Å²) in [5, 5.41) is 5.13. The van der Waals surface area contributed by atoms with Crippen LogP contribution in [0.1, 0.15) is 34.4 Å². The molecule has 3 nitrogen and oxygen atoms in total. The lowest BCUT2D eigenvalue weighted by Gasteiger charge is -2.18. The van der Waals surface area contributed by atoms with E-state index < -0.39 is 16.9 Å². The van der Waals surface area contributed by atoms with Crippen LogP contribution in [0.5, 0.6) is 0 Å². The summed E-state index contributed by atoms with van der Waals surface area (Å²) in [5.41, 5.74) is 0.925. The topological polar surface area (TPSA) is 42.0 Å². The Bertz CT molecular complexity index is 868. The third-order valence-corrected chi connectivity index (χ3v) is 6.01. The van der Waals surface area contributed by atoms with Crippen LogP contribution in [0.4, 0.5) is 8.78 Å². The van der Waals surface area contributed by atoms with Crippen LogP contribution < -0.4 is 5.32 Å². The van der Waals surface area contributed by atoms with Crippen molar-refractivity contribution in [3.63, 3.8) is 0 Å². The quantitative estimate of drug-likeness (QED) is 0.594. The van der Waals surface area contributed by atoms with Crippen molar-refractivity contribution in [2.24, 2.45) is 0 Å². The molecule has 0 saturated carbocycles. The van der Waals surface area contributed by atoms with Crippen LogP contribution in [-0.4, -0.2) is 16.6 Å². The van der Waals surface area contributed by atoms with Gasteiger partial charge in [0.05, 0.1) is 5.75 Å². The number of benzene rings is 2. The van der Waals surface area contributed by atoms with E-state index in [0.29, 0.717) is 0 Å². The van der Waals surface area contributed by atoms with Gasteiger partial charge in [0.25, 0.3) is 0 Å². The second kappa shape index (κ2) is 9.10. The largest absolute Gasteiger partial charge is 0.342 e. The average Bonchev–Trinajstić information content (AvgIpc) is 3.19. The average molecular weight is 405 g/mol. The number of carbonyl (C=O) groups excluding carboxylic acids is 1. The second-order valence-electron chi connectivity index (χ2n) is 5.87. The van der Waals surface area contributed by atoms with Crippen LogP contribution >= 0.6 is 23.1 Å². The summed E-state index contributed by atoms with van der Waals surface area (Å²) >= 11 is 2.65. The van der Waals surface area contributed by atoms with E-state index in [2.05, 4.69) is 10.3 Å². The number of amides is 1. The molecular weight excluding hydrogens is 386 g/mol. The van der Waals surface area contributed by atoms with Crippen molar-refractivity contribution < 1.29 is 13.6 Å². The maximum atomic E-state index is 13.9. The van der Waals surface area contributed by atoms with Crippen LogP contribution in [0.15, 0.2) is 60.1 Å². The molecule has 0 aliphatic heterocycles. The molecule has 2 aromatic carbocycles. The molecule has 1 heterocycles. The van der Waals surface area contributed by atoms with Gasteiger partial charge in [0.15, 0.2) is 0 Å². The Balaban J connectivity index is 1.67. The summed E-state index contributed by atoms with van der Waals surface area (Å²) < 4.78 is 27.8. The molecule has 0 radical (unpaired) electrons. The zero-order chi connectivity index (χ0) is 19.2. The lowest BCUT2D eigenvalue weighted by molar-refractivity contribution is -0.119. The second-order valence-corrected chi connectivity index (χ2v) is 8.13. The maximum Gasteiger partial charge on any atom is 0.230 e. The molecule has 0 aliphatic rings. The zero-order valence-corrected chi connectivity index (χ0v) is 16.2. The molecule has 2 unspecified atom stereocenters. The summed E-state index contributed by atoms with van der Waals surface area (Å²) in [6.45, 7) is 1.69. The fraction of sp³-hybridized carbons (Fsp3) is 0.200. The molecule has 3 rings (SSSR count). The zero-order valence-electron chi connectivity index (χ0n) is 14.6. The molecule has 2 atom stereocenters. The molecular formula is C20H18F2N2OS2. The first-order valence-electron chi connectivity index (χ1n) is 8.35. The normalized spacial score (nSPS) is 13.1. The van der Waals surface area contributed by atoms with Crippen LogP contribution in [0.2, 0.25) is 0 Å². The number of thioether (sulfide) groups is 1. The van der Waals surface area contributed by atoms with Gasteiger partial charge < -0.3 is 5.32 Å². The number of hydrogen-bond donors (Lipinski definition) is 1. The van der Waals surface area contributed by atoms with Crippen molar-refractivity contribution in [3.05, 3.63) is 87.9 Å². The number of halogens is 2. The summed E-state index contributed by atoms with van der Waals surface area (Å²) in [6.07, 6.45) is 1.69. The van der Waals surface area contributed by atoms with Gasteiger partial charge in [0.2, 0.25) is 5.91 Å². The van der Waals surface area contributed by atoms with Crippen molar-refractivity contribution in [1.29, 1.82) is 0 Å². The molecule has 1 N–H and O–H groups in total. The van der Waals surface area contributed by atoms with Gasteiger partial charge in [0, 0.05) is 22.4 Å². The highest BCUT2D eigenvalue weighted by molar-refractivity contribution is 8.00. The van der Waals surface area contributed by atoms with E-state index in [1.807, 2.05) is 35.7 Å². The van der Waals surface area contributed by atoms with Gasteiger partial charge in [-0.1, -0.05) is 36.4 Å². The minimum Gasteiger partial charge on any atom is -0.342 e. The molecule has 1 aromatic heterocycles. The van der Waals surface area contributed by atoms with Crippen LogP contribution in [0.25, 0.3) is 0 Å². The Morgan fingerprint density at radius 3 is 2.48 bits per heavy atom. The first-order valence-corrected chi connectivity index (χ1v) is 10.3. The highest BCUT2D eigenvalue weighted by Gasteiger charge is 2.21. The monoisotopic (exact) mass is 404 g/mol. The summed E-state index contributed by atoms with van der Waals surface area (Å²) in [6, 6.07) is 13.0. The van der Waals surface area contributed by atoms with Crippen molar-refractivity contribution in [3.8, 4) is 0 Å². The van der Waals surface area contributed by atoms with E-state index in [1.54, 1.807) is 13.1 Å². The van der Waals surface area contributed by atoms with Gasteiger partial charge in [-0.25, -0.2) is 13.8 Å². The maximum absolute atomic E-state index is 13.9. The summed E-state index contributed by atoms with van der Waals surface area (Å²) in [5.74, 6) is -1.32. The van der Waals surface area contributed by atoms with E-state index >= 15 is 0 Å². The van der Waals surface area contributed by atoms with Gasteiger partial charge in [-0.2, -0.15) is 0 Å². The highest BCUT2D eigenvalue weighted by Crippen LogP contribution is 2.32. The molecule has 140 valence electrons. The van der Waals surface area contributed by atoms with Gasteiger partial charge in [-0.3, -0.25) is 4.79 Å². The molecule has 0 fully saturated rings. The van der Waals surface area contributed by atoms with Crippen molar-refractivity contribution in [2.45, 2.75) is 18.2 Å². The van der Waals surface area contributed by atoms with E-state index in [9.17, 15) is 13.6 Å². The fourth-order valence-electron chi connectivity index (χ4n) is 2.70. The third kappa shape index (κ3) is 4.93. The fourth-order valence-corrected chi connectivity index (χ4v) is 4.29. The molecule has 27 heavy (non-hydrogen) atoms. The van der Waals surface area contributed by atoms with Gasteiger partial charge in [0.1, 0.15) is 22.7 Å². The Labute approximate surface area is 164 Å². The van der Waals surface area contributed by atoms with Gasteiger partial charge in [-0.05, 0) is 24.6 Å². The predicted molar refractivity (Wildman–Crippen MR) is 106 cm³/mol. The molecule has 0 bridgehead atoms. The summed E-state index contributed by atoms with van der Waals surface area (Å²) in [4.78, 5) is 16.8. The van der Waals surface area contributed by atoms with Gasteiger partial charge in [-0.15, -0.1) is 23.1 Å². The molecule has 0 aliphatic carbocycles. The first kappa shape index (κ1) is 19.5. The SMILES string of the molecule is CC(SCC(=O)NC(c1ccccc1)c1nccs1)c1c(F)cccc1F. The number of hydrogen-bond acceptors (Lipinski definition) is 4. The lowest BCUT2D eigenvalue weighted by Crippen LogP contribution is -2.30. The first-order chi connectivity index (χ1) is 13.1. The van der Waals surface area contributed by atoms with Crippen LogP contribution in [-0.2, 0) is 4.79 Å². The number of rotatable bonds is 7. The Morgan fingerprint density at radius 2 is 1.85 bits per heavy atom. The predicted octanol–water partition coefficient (Wildman–Crippen LogP) is 5.12. The van der Waals surface area contributed by atoms with E-state index in [-0.39, 0.29) is 23.3 Å². The third-order valence-electron chi connectivity index (χ3n) is 4.01. The Morgan fingerprint density at radius 1 is 1.15 bits per heavy atom. The van der Waals surface area contributed by atoms with E-state index in [4.69, 9.17) is 0 Å². The molecule has 7 heteroatoms. The van der Waals surface area contributed by atoms with Crippen molar-refractivity contribution in [1.82, 2.24) is 10.3 Å². The van der Waals surface area contributed by atoms with E-state index in [1.165, 1.54) is 41.3 Å². The highest BCUT2D eigenvalue weighted by atomic mass is 32.2. The van der Waals surface area contributed by atoms with Gasteiger partial charge >= 0.3 is 0 Å². The lowest BCUT2D eigenvalue weighted by atomic mass is 10.1. The van der Waals surface area contributed by atoms with Crippen LogP contribution in [0, 0.1) is 11.6 Å².